The first-order valence-electron chi connectivity index (χ1n) is 11.4. The van der Waals surface area contributed by atoms with Crippen LogP contribution in [0.3, 0.4) is 0 Å². The number of nitrogens with one attached hydrogen (secondary N) is 2. The second-order valence-corrected chi connectivity index (χ2v) is 9.78. The molecule has 0 aliphatic carbocycles. The number of likely N-dealkylation sites (tertiary alicyclic amines) is 1. The fraction of sp³-hybridized carbons (Fsp3) is 0.333. The first-order valence-corrected chi connectivity index (χ1v) is 12.2. The van der Waals surface area contributed by atoms with Gasteiger partial charge in [-0.3, -0.25) is 9.69 Å². The third-order valence-corrected chi connectivity index (χ3v) is 7.04. The maximum absolute atomic E-state index is 13.2. The van der Waals surface area contributed by atoms with Gasteiger partial charge in [-0.15, -0.1) is 11.3 Å². The van der Waals surface area contributed by atoms with Crippen molar-refractivity contribution in [3.63, 3.8) is 0 Å². The number of carbonyl (C=O) groups is 3. The molecule has 182 valence electrons. The van der Waals surface area contributed by atoms with Crippen LogP contribution >= 0.6 is 11.3 Å². The van der Waals surface area contributed by atoms with E-state index in [0.29, 0.717) is 57.3 Å². The van der Waals surface area contributed by atoms with E-state index in [4.69, 9.17) is 4.74 Å². The van der Waals surface area contributed by atoms with Crippen LogP contribution in [0.1, 0.15) is 36.4 Å². The molecule has 1 fully saturated rings. The molecule has 0 saturated carbocycles. The molecule has 35 heavy (non-hydrogen) atoms. The molecule has 4 amide bonds. The first-order chi connectivity index (χ1) is 16.8. The van der Waals surface area contributed by atoms with E-state index in [1.54, 1.807) is 17.2 Å². The number of thiophene rings is 1. The standard InChI is InChI=1S/C24H25N5O5S/c1-13(2)34-16-7-5-15(6-8-16)29-17-9-10-25-22-18(17)19(27-23(29)31)20(35-22)21(30)26-14-4-3-11-28(12-14)24(32)33/h5-10,13-14H,3-4,11-12H2,1-2H3,(H,26,30)(H,27,31)(H,32,33). The van der Waals surface area contributed by atoms with E-state index in [0.717, 1.165) is 0 Å². The zero-order valence-electron chi connectivity index (χ0n) is 19.3. The molecule has 1 aromatic carbocycles. The lowest BCUT2D eigenvalue weighted by atomic mass is 10.1. The predicted octanol–water partition coefficient (Wildman–Crippen LogP) is 4.64. The van der Waals surface area contributed by atoms with Crippen molar-refractivity contribution in [2.75, 3.05) is 23.3 Å². The summed E-state index contributed by atoms with van der Waals surface area (Å²) >= 11 is 1.20. The van der Waals surface area contributed by atoms with Gasteiger partial charge in [0.25, 0.3) is 5.91 Å². The lowest BCUT2D eigenvalue weighted by molar-refractivity contribution is 0.0893. The fourth-order valence-corrected chi connectivity index (χ4v) is 5.49. The highest BCUT2D eigenvalue weighted by Gasteiger charge is 2.33. The maximum Gasteiger partial charge on any atom is 0.407 e. The molecule has 5 rings (SSSR count). The Balaban J connectivity index is 1.45. The Morgan fingerprint density at radius 1 is 1.26 bits per heavy atom. The van der Waals surface area contributed by atoms with Crippen LogP contribution in [0.5, 0.6) is 5.75 Å². The van der Waals surface area contributed by atoms with Gasteiger partial charge >= 0.3 is 12.1 Å². The number of piperidine rings is 1. The van der Waals surface area contributed by atoms with Gasteiger partial charge in [-0.05, 0) is 57.0 Å². The Bertz CT molecular complexity index is 1310. The van der Waals surface area contributed by atoms with E-state index in [1.165, 1.54) is 16.2 Å². The molecule has 3 N–H and O–H groups in total. The molecular formula is C24H25N5O5S. The SMILES string of the molecule is CC(C)Oc1ccc(N2C(=O)Nc3c(C(=O)NC4CCCN(C(=O)O)C4)sc4nccc2c34)cc1. The van der Waals surface area contributed by atoms with Gasteiger partial charge < -0.3 is 25.4 Å². The van der Waals surface area contributed by atoms with Gasteiger partial charge in [0, 0.05) is 25.3 Å². The summed E-state index contributed by atoms with van der Waals surface area (Å²) in [6.07, 6.45) is 2.03. The van der Waals surface area contributed by atoms with Gasteiger partial charge in [0.15, 0.2) is 0 Å². The number of rotatable bonds is 5. The smallest absolute Gasteiger partial charge is 0.407 e. The average Bonchev–Trinajstić information content (AvgIpc) is 3.19. The van der Waals surface area contributed by atoms with E-state index >= 15 is 0 Å². The molecule has 11 heteroatoms. The van der Waals surface area contributed by atoms with E-state index in [-0.39, 0.29) is 30.6 Å². The Labute approximate surface area is 205 Å². The predicted molar refractivity (Wildman–Crippen MR) is 133 cm³/mol. The van der Waals surface area contributed by atoms with E-state index in [1.807, 2.05) is 38.1 Å². The summed E-state index contributed by atoms with van der Waals surface area (Å²) in [5.41, 5.74) is 1.72. The maximum atomic E-state index is 13.2. The van der Waals surface area contributed by atoms with Crippen molar-refractivity contribution >= 4 is 56.6 Å². The lowest BCUT2D eigenvalue weighted by Gasteiger charge is -2.31. The second kappa shape index (κ2) is 9.06. The number of pyridine rings is 1. The fourth-order valence-electron chi connectivity index (χ4n) is 4.47. The molecule has 10 nitrogen and oxygen atoms in total. The summed E-state index contributed by atoms with van der Waals surface area (Å²) in [6.45, 7) is 4.59. The molecule has 0 radical (unpaired) electrons. The molecule has 1 atom stereocenters. The molecule has 0 spiro atoms. The molecule has 2 aliphatic heterocycles. The molecule has 4 heterocycles. The summed E-state index contributed by atoms with van der Waals surface area (Å²) in [5, 5.41) is 15.8. The monoisotopic (exact) mass is 495 g/mol. The number of amides is 4. The molecule has 0 bridgehead atoms. The molecular weight excluding hydrogens is 470 g/mol. The third kappa shape index (κ3) is 4.34. The van der Waals surface area contributed by atoms with Gasteiger partial charge in [0.05, 0.1) is 28.6 Å². The number of hydrogen-bond acceptors (Lipinski definition) is 6. The van der Waals surface area contributed by atoms with Crippen LogP contribution in [0.2, 0.25) is 0 Å². The Kier molecular flexibility index (Phi) is 5.93. The van der Waals surface area contributed by atoms with Crippen molar-refractivity contribution in [3.05, 3.63) is 41.4 Å². The van der Waals surface area contributed by atoms with Crippen LogP contribution in [0.15, 0.2) is 36.5 Å². The van der Waals surface area contributed by atoms with Crippen LogP contribution in [-0.2, 0) is 0 Å². The second-order valence-electron chi connectivity index (χ2n) is 8.78. The average molecular weight is 496 g/mol. The summed E-state index contributed by atoms with van der Waals surface area (Å²) in [7, 11) is 0. The molecule has 2 aromatic heterocycles. The first kappa shape index (κ1) is 22.9. The number of urea groups is 1. The summed E-state index contributed by atoms with van der Waals surface area (Å²) in [5.74, 6) is 0.357. The van der Waals surface area contributed by atoms with Gasteiger partial charge in [0.2, 0.25) is 0 Å². The highest BCUT2D eigenvalue weighted by atomic mass is 32.1. The quantitative estimate of drug-likeness (QED) is 0.474. The van der Waals surface area contributed by atoms with Gasteiger partial charge in [-0.2, -0.15) is 0 Å². The summed E-state index contributed by atoms with van der Waals surface area (Å²) < 4.78 is 5.70. The lowest BCUT2D eigenvalue weighted by Crippen LogP contribution is -2.49. The van der Waals surface area contributed by atoms with Crippen LogP contribution in [0, 0.1) is 0 Å². The van der Waals surface area contributed by atoms with Crippen molar-refractivity contribution in [3.8, 4) is 5.75 Å². The van der Waals surface area contributed by atoms with Crippen molar-refractivity contribution < 1.29 is 24.2 Å². The van der Waals surface area contributed by atoms with E-state index in [9.17, 15) is 19.5 Å². The van der Waals surface area contributed by atoms with Crippen LogP contribution < -0.4 is 20.3 Å². The minimum atomic E-state index is -0.995. The molecule has 3 aromatic rings. The highest BCUT2D eigenvalue weighted by molar-refractivity contribution is 7.21. The summed E-state index contributed by atoms with van der Waals surface area (Å²) in [4.78, 5) is 46.0. The third-order valence-electron chi connectivity index (χ3n) is 5.95. The Hall–Kier alpha value is -3.86. The normalized spacial score (nSPS) is 17.5. The van der Waals surface area contributed by atoms with Crippen LogP contribution in [0.4, 0.5) is 26.7 Å². The number of hydrogen-bond donors (Lipinski definition) is 3. The largest absolute Gasteiger partial charge is 0.491 e. The van der Waals surface area contributed by atoms with Crippen molar-refractivity contribution in [1.82, 2.24) is 15.2 Å². The summed E-state index contributed by atoms with van der Waals surface area (Å²) in [6, 6.07) is 8.33. The molecule has 1 unspecified atom stereocenters. The van der Waals surface area contributed by atoms with E-state index in [2.05, 4.69) is 15.6 Å². The number of carbonyl (C=O) groups excluding carboxylic acids is 2. The van der Waals surface area contributed by atoms with Crippen LogP contribution in [-0.4, -0.2) is 58.3 Å². The minimum absolute atomic E-state index is 0.0395. The Morgan fingerprint density at radius 3 is 2.74 bits per heavy atom. The zero-order valence-corrected chi connectivity index (χ0v) is 20.1. The van der Waals surface area contributed by atoms with Crippen molar-refractivity contribution in [2.45, 2.75) is 38.8 Å². The Morgan fingerprint density at radius 2 is 2.03 bits per heavy atom. The van der Waals surface area contributed by atoms with Crippen LogP contribution in [0.25, 0.3) is 10.2 Å². The minimum Gasteiger partial charge on any atom is -0.491 e. The van der Waals surface area contributed by atoms with Gasteiger partial charge in [-0.1, -0.05) is 0 Å². The number of ether oxygens (including phenoxy) is 1. The zero-order chi connectivity index (χ0) is 24.7. The number of carboxylic acid groups (broad SMARTS) is 1. The van der Waals surface area contributed by atoms with Crippen molar-refractivity contribution in [2.24, 2.45) is 0 Å². The number of nitrogens with zero attached hydrogens (tertiary/aromatic N) is 3. The number of aromatic nitrogens is 1. The molecule has 1 saturated heterocycles. The number of benzene rings is 1. The van der Waals surface area contributed by atoms with Gasteiger partial charge in [-0.25, -0.2) is 14.6 Å². The van der Waals surface area contributed by atoms with E-state index < -0.39 is 6.09 Å². The van der Waals surface area contributed by atoms with Gasteiger partial charge in [0.1, 0.15) is 15.5 Å². The topological polar surface area (TPSA) is 124 Å². The molecule has 2 aliphatic rings. The highest BCUT2D eigenvalue weighted by Crippen LogP contribution is 2.45. The number of anilines is 3. The van der Waals surface area contributed by atoms with Crippen molar-refractivity contribution in [1.29, 1.82) is 0 Å².